The zero-order valence-electron chi connectivity index (χ0n) is 4.37. The Hall–Kier alpha value is 0.102. The molecule has 0 aliphatic rings. The average molecular weight is 136 g/mol. The maximum absolute atomic E-state index is 2.61. The van der Waals surface area contributed by atoms with Gasteiger partial charge in [-0.3, -0.25) is 0 Å². The molecule has 1 aromatic carbocycles. The Morgan fingerprint density at radius 1 is 1.12 bits per heavy atom. The van der Waals surface area contributed by atoms with Crippen LogP contribution >= 0.6 is 10.1 Å². The first-order chi connectivity index (χ1) is 3.93. The topological polar surface area (TPSA) is 0 Å². The summed E-state index contributed by atoms with van der Waals surface area (Å²) >= 11 is 2.61. The number of hydrogen-bond acceptors (Lipinski definition) is 1. The van der Waals surface area contributed by atoms with Crippen molar-refractivity contribution < 1.29 is 0 Å². The molecule has 0 nitrogen and oxygen atoms in total. The molecule has 0 aliphatic carbocycles. The van der Waals surface area contributed by atoms with Crippen molar-refractivity contribution in [1.29, 1.82) is 0 Å². The molecule has 0 saturated heterocycles. The molecule has 0 saturated carbocycles. The van der Waals surface area contributed by atoms with Crippen LogP contribution < -0.4 is 0 Å². The molecule has 0 spiro atoms. The normalized spacial score (nSPS) is 9.25. The van der Waals surface area contributed by atoms with Crippen LogP contribution in [-0.2, 0) is 0 Å². The summed E-state index contributed by atoms with van der Waals surface area (Å²) in [6.45, 7) is 0. The van der Waals surface area contributed by atoms with E-state index in [4.69, 9.17) is 0 Å². The molecule has 0 bridgehead atoms. The summed E-state index contributed by atoms with van der Waals surface area (Å²) in [5.41, 5.74) is 0. The third kappa shape index (κ3) is 1.56. The molecule has 36 valence electrons. The van der Waals surface area contributed by atoms with Gasteiger partial charge in [0.2, 0.25) is 0 Å². The Bertz CT molecular complexity index is 150. The Labute approximate surface area is 60.8 Å². The zero-order valence-corrected chi connectivity index (χ0v) is 6.34. The average Bonchev–Trinajstić information content (AvgIpc) is 1.90. The summed E-state index contributed by atoms with van der Waals surface area (Å²) in [7, 11) is 1.69. The van der Waals surface area contributed by atoms with Gasteiger partial charge in [0, 0.05) is 0 Å². The van der Waals surface area contributed by atoms with E-state index in [1.165, 1.54) is 4.90 Å². The molecular formula is C6H5AlS+2. The van der Waals surface area contributed by atoms with E-state index in [1.807, 2.05) is 18.2 Å². The number of rotatable bonds is 1. The van der Waals surface area contributed by atoms with E-state index in [9.17, 15) is 0 Å². The summed E-state index contributed by atoms with van der Waals surface area (Å²) in [6, 6.07) is 10.2. The van der Waals surface area contributed by atoms with Crippen LogP contribution in [-0.4, -0.2) is 15.2 Å². The summed E-state index contributed by atoms with van der Waals surface area (Å²) in [5.74, 6) is 0. The first-order valence-corrected chi connectivity index (χ1v) is 4.64. The van der Waals surface area contributed by atoms with Crippen molar-refractivity contribution in [3.05, 3.63) is 30.3 Å². The van der Waals surface area contributed by atoms with Crippen LogP contribution in [0.4, 0.5) is 0 Å². The van der Waals surface area contributed by atoms with Crippen LogP contribution in [0.1, 0.15) is 0 Å². The maximum atomic E-state index is 2.61. The van der Waals surface area contributed by atoms with Crippen LogP contribution in [0.3, 0.4) is 0 Å². The summed E-state index contributed by atoms with van der Waals surface area (Å²) in [4.78, 5) is 1.29. The Kier molecular flexibility index (Phi) is 2.48. The van der Waals surface area contributed by atoms with Gasteiger partial charge in [-0.2, -0.15) is 0 Å². The van der Waals surface area contributed by atoms with E-state index in [1.54, 1.807) is 10.1 Å². The quantitative estimate of drug-likeness (QED) is 0.531. The number of hydrogen-bond donors (Lipinski definition) is 0. The minimum atomic E-state index is 1.29. The van der Waals surface area contributed by atoms with Gasteiger partial charge in [-0.25, -0.2) is 0 Å². The monoisotopic (exact) mass is 136 g/mol. The minimum absolute atomic E-state index is 1.29. The molecule has 0 aliphatic heterocycles. The summed E-state index contributed by atoms with van der Waals surface area (Å²) in [6.07, 6.45) is 0. The molecule has 0 radical (unpaired) electrons. The fourth-order valence-corrected chi connectivity index (χ4v) is 1.28. The van der Waals surface area contributed by atoms with Crippen LogP contribution in [0.5, 0.6) is 0 Å². The van der Waals surface area contributed by atoms with Gasteiger partial charge in [0.05, 0.1) is 0 Å². The SMILES string of the molecule is [Al+2][S]c1ccccc1. The fourth-order valence-electron chi connectivity index (χ4n) is 0.499. The zero-order chi connectivity index (χ0) is 5.82. The van der Waals surface area contributed by atoms with Crippen LogP contribution in [0.2, 0.25) is 0 Å². The first kappa shape index (κ1) is 6.23. The molecule has 8 heavy (non-hydrogen) atoms. The second-order valence-corrected chi connectivity index (χ2v) is 2.85. The van der Waals surface area contributed by atoms with Gasteiger partial charge in [0.1, 0.15) is 0 Å². The second-order valence-electron chi connectivity index (χ2n) is 1.43. The van der Waals surface area contributed by atoms with Gasteiger partial charge in [0.25, 0.3) is 0 Å². The van der Waals surface area contributed by atoms with Gasteiger partial charge in [-0.05, 0) is 0 Å². The number of benzene rings is 1. The van der Waals surface area contributed by atoms with Crippen molar-refractivity contribution >= 4 is 25.3 Å². The van der Waals surface area contributed by atoms with Gasteiger partial charge >= 0.3 is 60.5 Å². The van der Waals surface area contributed by atoms with Gasteiger partial charge in [0.15, 0.2) is 0 Å². The third-order valence-corrected chi connectivity index (χ3v) is 2.24. The molecule has 0 heterocycles. The van der Waals surface area contributed by atoms with Crippen molar-refractivity contribution in [1.82, 2.24) is 0 Å². The second kappa shape index (κ2) is 3.19. The Morgan fingerprint density at radius 3 is 2.12 bits per heavy atom. The molecule has 0 amide bonds. The molecule has 0 aromatic heterocycles. The van der Waals surface area contributed by atoms with Gasteiger partial charge < -0.3 is 0 Å². The molecule has 0 N–H and O–H groups in total. The van der Waals surface area contributed by atoms with E-state index in [-0.39, 0.29) is 0 Å². The molecule has 0 unspecified atom stereocenters. The van der Waals surface area contributed by atoms with E-state index < -0.39 is 0 Å². The summed E-state index contributed by atoms with van der Waals surface area (Å²) < 4.78 is 0. The fraction of sp³-hybridized carbons (Fsp3) is 0. The Balaban J connectivity index is 2.83. The summed E-state index contributed by atoms with van der Waals surface area (Å²) in [5, 5.41) is 0. The molecule has 0 atom stereocenters. The van der Waals surface area contributed by atoms with Gasteiger partial charge in [-0.1, -0.05) is 0 Å². The van der Waals surface area contributed by atoms with Gasteiger partial charge in [-0.15, -0.1) is 0 Å². The Morgan fingerprint density at radius 2 is 1.75 bits per heavy atom. The first-order valence-electron chi connectivity index (χ1n) is 2.35. The van der Waals surface area contributed by atoms with Crippen molar-refractivity contribution in [2.75, 3.05) is 0 Å². The predicted octanol–water partition coefficient (Wildman–Crippen LogP) is 1.86. The van der Waals surface area contributed by atoms with E-state index >= 15 is 0 Å². The van der Waals surface area contributed by atoms with Crippen molar-refractivity contribution in [2.45, 2.75) is 4.90 Å². The molecular weight excluding hydrogens is 131 g/mol. The molecule has 1 rings (SSSR count). The molecule has 2 heteroatoms. The molecule has 0 fully saturated rings. The third-order valence-electron chi connectivity index (χ3n) is 0.879. The van der Waals surface area contributed by atoms with Crippen molar-refractivity contribution in [3.63, 3.8) is 0 Å². The van der Waals surface area contributed by atoms with E-state index in [2.05, 4.69) is 27.3 Å². The molecule has 1 aromatic rings. The van der Waals surface area contributed by atoms with E-state index in [0.29, 0.717) is 0 Å². The standard InChI is InChI=1S/C6H6S.Al/c7-6-4-2-1-3-5-6;/h1-5,7H;/q;+3/p-1. The van der Waals surface area contributed by atoms with Crippen LogP contribution in [0.15, 0.2) is 35.2 Å². The van der Waals surface area contributed by atoms with Crippen molar-refractivity contribution in [3.8, 4) is 0 Å². The predicted molar refractivity (Wildman–Crippen MR) is 38.1 cm³/mol. The van der Waals surface area contributed by atoms with Crippen LogP contribution in [0, 0.1) is 0 Å². The van der Waals surface area contributed by atoms with Crippen molar-refractivity contribution in [2.24, 2.45) is 0 Å². The van der Waals surface area contributed by atoms with E-state index in [0.717, 1.165) is 0 Å². The van der Waals surface area contributed by atoms with Crippen LogP contribution in [0.25, 0.3) is 0 Å².